The Bertz CT molecular complexity index is 757. The van der Waals surface area contributed by atoms with E-state index in [1.165, 1.54) is 6.07 Å². The minimum absolute atomic E-state index is 0.202. The predicted octanol–water partition coefficient (Wildman–Crippen LogP) is 3.14. The fourth-order valence-corrected chi connectivity index (χ4v) is 3.11. The fraction of sp³-hybridized carbons (Fsp3) is 0.278. The van der Waals surface area contributed by atoms with Crippen molar-refractivity contribution in [2.45, 2.75) is 25.1 Å². The van der Waals surface area contributed by atoms with Crippen LogP contribution in [0.25, 0.3) is 0 Å². The molecule has 1 fully saturated rings. The Labute approximate surface area is 133 Å². The van der Waals surface area contributed by atoms with Crippen LogP contribution in [0.1, 0.15) is 29.2 Å². The molecule has 5 heteroatoms. The van der Waals surface area contributed by atoms with Gasteiger partial charge in [-0.25, -0.2) is 8.78 Å². The zero-order valence-corrected chi connectivity index (χ0v) is 12.4. The highest BCUT2D eigenvalue weighted by Crippen LogP contribution is 2.34. The lowest BCUT2D eigenvalue weighted by molar-refractivity contribution is 0.172. The molecule has 3 rings (SSSR count). The lowest BCUT2D eigenvalue weighted by atomic mass is 10.0. The quantitative estimate of drug-likeness (QED) is 0.947. The maximum Gasteiger partial charge on any atom is 0.159 e. The van der Waals surface area contributed by atoms with Crippen LogP contribution >= 0.6 is 0 Å². The van der Waals surface area contributed by atoms with Crippen molar-refractivity contribution < 1.29 is 13.9 Å². The molecule has 1 N–H and O–H groups in total. The van der Waals surface area contributed by atoms with Gasteiger partial charge in [0.1, 0.15) is 0 Å². The van der Waals surface area contributed by atoms with Gasteiger partial charge < -0.3 is 5.11 Å². The normalized spacial score (nSPS) is 21.3. The lowest BCUT2D eigenvalue weighted by Crippen LogP contribution is -2.24. The number of benzene rings is 2. The smallest absolute Gasteiger partial charge is 0.159 e. The van der Waals surface area contributed by atoms with E-state index in [-0.39, 0.29) is 6.04 Å². The summed E-state index contributed by atoms with van der Waals surface area (Å²) in [6.07, 6.45) is -0.0675. The van der Waals surface area contributed by atoms with Crippen molar-refractivity contribution >= 4 is 0 Å². The molecule has 0 radical (unpaired) electrons. The van der Waals surface area contributed by atoms with Gasteiger partial charge in [-0.05, 0) is 35.7 Å². The summed E-state index contributed by atoms with van der Waals surface area (Å²) in [6, 6.07) is 13.1. The Morgan fingerprint density at radius 1 is 1.17 bits per heavy atom. The number of likely N-dealkylation sites (tertiary alicyclic amines) is 1. The highest BCUT2D eigenvalue weighted by Gasteiger charge is 2.32. The summed E-state index contributed by atoms with van der Waals surface area (Å²) >= 11 is 0. The number of β-amino-alcohol motifs (C(OH)–C–C–N with tert-alkyl or cyclic N) is 1. The molecule has 0 aliphatic carbocycles. The Morgan fingerprint density at radius 3 is 2.70 bits per heavy atom. The largest absolute Gasteiger partial charge is 0.392 e. The molecule has 0 bridgehead atoms. The molecule has 0 amide bonds. The van der Waals surface area contributed by atoms with Gasteiger partial charge in [0.15, 0.2) is 11.6 Å². The molecule has 1 saturated heterocycles. The van der Waals surface area contributed by atoms with Gasteiger partial charge >= 0.3 is 0 Å². The molecule has 0 saturated carbocycles. The minimum atomic E-state index is -0.888. The topological polar surface area (TPSA) is 47.3 Å². The van der Waals surface area contributed by atoms with E-state index in [1.54, 1.807) is 18.2 Å². The molecule has 1 aliphatic heterocycles. The maximum atomic E-state index is 13.5. The van der Waals surface area contributed by atoms with Crippen LogP contribution in [0.3, 0.4) is 0 Å². The highest BCUT2D eigenvalue weighted by molar-refractivity contribution is 5.37. The van der Waals surface area contributed by atoms with Crippen molar-refractivity contribution in [2.75, 3.05) is 6.54 Å². The van der Waals surface area contributed by atoms with Crippen LogP contribution in [0.15, 0.2) is 42.5 Å². The van der Waals surface area contributed by atoms with Crippen molar-refractivity contribution in [3.8, 4) is 6.07 Å². The van der Waals surface area contributed by atoms with Crippen LogP contribution < -0.4 is 0 Å². The van der Waals surface area contributed by atoms with E-state index in [1.807, 2.05) is 17.0 Å². The number of aliphatic hydroxyl groups is 1. The van der Waals surface area contributed by atoms with E-state index in [0.29, 0.717) is 30.6 Å². The fourth-order valence-electron chi connectivity index (χ4n) is 3.11. The first kappa shape index (κ1) is 15.6. The summed E-state index contributed by atoms with van der Waals surface area (Å²) in [5.41, 5.74) is 2.07. The minimum Gasteiger partial charge on any atom is -0.392 e. The monoisotopic (exact) mass is 314 g/mol. The number of hydrogen-bond acceptors (Lipinski definition) is 3. The third-order valence-electron chi connectivity index (χ3n) is 4.22. The number of halogens is 2. The van der Waals surface area contributed by atoms with E-state index >= 15 is 0 Å². The second-order valence-corrected chi connectivity index (χ2v) is 5.78. The first-order valence-electron chi connectivity index (χ1n) is 7.43. The van der Waals surface area contributed by atoms with Crippen molar-refractivity contribution in [3.05, 3.63) is 70.8 Å². The van der Waals surface area contributed by atoms with Crippen LogP contribution in [0, 0.1) is 23.0 Å². The number of aliphatic hydroxyl groups excluding tert-OH is 1. The van der Waals surface area contributed by atoms with Crippen molar-refractivity contribution in [1.29, 1.82) is 5.26 Å². The van der Waals surface area contributed by atoms with Crippen LogP contribution in [-0.2, 0) is 6.54 Å². The van der Waals surface area contributed by atoms with Crippen LogP contribution in [-0.4, -0.2) is 22.7 Å². The Kier molecular flexibility index (Phi) is 4.37. The summed E-state index contributed by atoms with van der Waals surface area (Å²) in [5, 5.41) is 19.2. The third kappa shape index (κ3) is 3.24. The Balaban J connectivity index is 1.88. The van der Waals surface area contributed by atoms with Gasteiger partial charge in [-0.3, -0.25) is 4.90 Å². The summed E-state index contributed by atoms with van der Waals surface area (Å²) in [4.78, 5) is 1.99. The van der Waals surface area contributed by atoms with E-state index in [9.17, 15) is 19.1 Å². The average molecular weight is 314 g/mol. The van der Waals surface area contributed by atoms with Gasteiger partial charge in [-0.2, -0.15) is 5.26 Å². The van der Waals surface area contributed by atoms with Crippen LogP contribution in [0.2, 0.25) is 0 Å². The van der Waals surface area contributed by atoms with Crippen molar-refractivity contribution in [1.82, 2.24) is 4.90 Å². The molecular formula is C18H16F2N2O. The van der Waals surface area contributed by atoms with Crippen LogP contribution in [0.5, 0.6) is 0 Å². The summed E-state index contributed by atoms with van der Waals surface area (Å²) in [7, 11) is 0. The SMILES string of the molecule is N#Cc1ccccc1CN1CC(O)CC1c1ccc(F)c(F)c1. The number of rotatable bonds is 3. The van der Waals surface area contributed by atoms with Gasteiger partial charge in [0.2, 0.25) is 0 Å². The van der Waals surface area contributed by atoms with E-state index < -0.39 is 17.7 Å². The van der Waals surface area contributed by atoms with Crippen molar-refractivity contribution in [2.24, 2.45) is 0 Å². The predicted molar refractivity (Wildman–Crippen MR) is 81.3 cm³/mol. The van der Waals surface area contributed by atoms with Gasteiger partial charge in [0.05, 0.1) is 17.7 Å². The van der Waals surface area contributed by atoms with Gasteiger partial charge in [-0.15, -0.1) is 0 Å². The zero-order chi connectivity index (χ0) is 16.4. The molecule has 118 valence electrons. The number of nitrogens with zero attached hydrogens (tertiary/aromatic N) is 2. The molecule has 2 atom stereocenters. The molecule has 2 unspecified atom stereocenters. The number of hydrogen-bond donors (Lipinski definition) is 1. The molecule has 0 aromatic heterocycles. The average Bonchev–Trinajstić information content (AvgIpc) is 2.91. The zero-order valence-electron chi connectivity index (χ0n) is 12.4. The van der Waals surface area contributed by atoms with Gasteiger partial charge in [-0.1, -0.05) is 24.3 Å². The van der Waals surface area contributed by atoms with Crippen LogP contribution in [0.4, 0.5) is 8.78 Å². The van der Waals surface area contributed by atoms with E-state index in [0.717, 1.165) is 11.6 Å². The molecule has 0 spiro atoms. The number of nitriles is 1. The summed E-state index contributed by atoms with van der Waals surface area (Å²) in [6.45, 7) is 0.911. The molecule has 2 aromatic rings. The van der Waals surface area contributed by atoms with E-state index in [2.05, 4.69) is 6.07 Å². The van der Waals surface area contributed by atoms with Gasteiger partial charge in [0, 0.05) is 19.1 Å². The molecular weight excluding hydrogens is 298 g/mol. The first-order valence-corrected chi connectivity index (χ1v) is 7.43. The molecule has 2 aromatic carbocycles. The maximum absolute atomic E-state index is 13.5. The van der Waals surface area contributed by atoms with Gasteiger partial charge in [0.25, 0.3) is 0 Å². The molecule has 1 heterocycles. The summed E-state index contributed by atoms with van der Waals surface area (Å²) < 4.78 is 26.6. The lowest BCUT2D eigenvalue weighted by Gasteiger charge is -2.25. The molecule has 1 aliphatic rings. The second-order valence-electron chi connectivity index (χ2n) is 5.78. The second kappa shape index (κ2) is 6.45. The Hall–Kier alpha value is -2.29. The summed E-state index contributed by atoms with van der Waals surface area (Å²) in [5.74, 6) is -1.77. The molecule has 3 nitrogen and oxygen atoms in total. The van der Waals surface area contributed by atoms with E-state index in [4.69, 9.17) is 0 Å². The first-order chi connectivity index (χ1) is 11.1. The standard InChI is InChI=1S/C18H16F2N2O/c19-16-6-5-12(7-17(16)20)18-8-15(23)11-22(18)10-14-4-2-1-3-13(14)9-21/h1-7,15,18,23H,8,10-11H2. The third-order valence-corrected chi connectivity index (χ3v) is 4.22. The highest BCUT2D eigenvalue weighted by atomic mass is 19.2. The Morgan fingerprint density at radius 2 is 1.96 bits per heavy atom. The van der Waals surface area contributed by atoms with Crippen molar-refractivity contribution in [3.63, 3.8) is 0 Å². The molecule has 23 heavy (non-hydrogen) atoms.